The maximum absolute atomic E-state index is 12.2. The summed E-state index contributed by atoms with van der Waals surface area (Å²) in [6.45, 7) is 0. The van der Waals surface area contributed by atoms with E-state index in [1.54, 1.807) is 24.6 Å². The molecule has 0 bridgehead atoms. The third-order valence-electron chi connectivity index (χ3n) is 3.35. The van der Waals surface area contributed by atoms with E-state index in [2.05, 4.69) is 26.2 Å². The molecule has 0 fully saturated rings. The van der Waals surface area contributed by atoms with Crippen LogP contribution in [0.2, 0.25) is 0 Å². The van der Waals surface area contributed by atoms with E-state index in [1.165, 1.54) is 0 Å². The van der Waals surface area contributed by atoms with Crippen LogP contribution in [0.15, 0.2) is 39.7 Å². The number of carbonyl (C=O) groups is 1. The van der Waals surface area contributed by atoms with Crippen molar-refractivity contribution in [2.45, 2.75) is 25.3 Å². The summed E-state index contributed by atoms with van der Waals surface area (Å²) in [4.78, 5) is 16.2. The van der Waals surface area contributed by atoms with E-state index in [1.807, 2.05) is 6.07 Å². The van der Waals surface area contributed by atoms with Gasteiger partial charge in [-0.25, -0.2) is 4.98 Å². The standard InChI is InChI=1S/C14H13BrN2O2/c15-13-5-4-9(8-16-13)14(18)17-11-2-1-3-12-10(11)6-7-19-12/h4-8,11H,1-3H2,(H,17,18). The predicted molar refractivity (Wildman–Crippen MR) is 73.8 cm³/mol. The number of rotatable bonds is 2. The summed E-state index contributed by atoms with van der Waals surface area (Å²) in [6.07, 6.45) is 6.19. The van der Waals surface area contributed by atoms with Crippen molar-refractivity contribution >= 4 is 21.8 Å². The smallest absolute Gasteiger partial charge is 0.253 e. The molecule has 3 rings (SSSR count). The number of pyridine rings is 1. The highest BCUT2D eigenvalue weighted by Crippen LogP contribution is 2.30. The van der Waals surface area contributed by atoms with Gasteiger partial charge in [-0.05, 0) is 47.0 Å². The van der Waals surface area contributed by atoms with Gasteiger partial charge < -0.3 is 9.73 Å². The number of hydrogen-bond donors (Lipinski definition) is 1. The van der Waals surface area contributed by atoms with Gasteiger partial charge in [-0.3, -0.25) is 4.79 Å². The van der Waals surface area contributed by atoms with E-state index in [0.717, 1.165) is 35.2 Å². The number of amides is 1. The van der Waals surface area contributed by atoms with E-state index in [0.29, 0.717) is 5.56 Å². The molecule has 2 aromatic heterocycles. The van der Waals surface area contributed by atoms with Gasteiger partial charge in [0.1, 0.15) is 10.4 Å². The Morgan fingerprint density at radius 3 is 3.11 bits per heavy atom. The van der Waals surface area contributed by atoms with Crippen LogP contribution < -0.4 is 5.32 Å². The highest BCUT2D eigenvalue weighted by Gasteiger charge is 2.24. The Balaban J connectivity index is 1.76. The minimum Gasteiger partial charge on any atom is -0.469 e. The van der Waals surface area contributed by atoms with E-state index >= 15 is 0 Å². The van der Waals surface area contributed by atoms with Gasteiger partial charge in [-0.15, -0.1) is 0 Å². The largest absolute Gasteiger partial charge is 0.469 e. The molecular formula is C14H13BrN2O2. The monoisotopic (exact) mass is 320 g/mol. The zero-order valence-corrected chi connectivity index (χ0v) is 11.8. The molecule has 2 aromatic rings. The van der Waals surface area contributed by atoms with Crippen molar-refractivity contribution in [2.75, 3.05) is 0 Å². The number of halogens is 1. The highest BCUT2D eigenvalue weighted by molar-refractivity contribution is 9.10. The molecule has 2 heterocycles. The molecule has 19 heavy (non-hydrogen) atoms. The first-order valence-electron chi connectivity index (χ1n) is 6.23. The Morgan fingerprint density at radius 2 is 2.32 bits per heavy atom. The van der Waals surface area contributed by atoms with Gasteiger partial charge in [0, 0.05) is 18.2 Å². The predicted octanol–water partition coefficient (Wildman–Crippen LogP) is 3.24. The fraction of sp³-hybridized carbons (Fsp3) is 0.286. The van der Waals surface area contributed by atoms with Crippen molar-refractivity contribution in [3.63, 3.8) is 0 Å². The second-order valence-corrected chi connectivity index (χ2v) is 5.40. The molecule has 1 amide bonds. The van der Waals surface area contributed by atoms with Crippen LogP contribution in [-0.4, -0.2) is 10.9 Å². The first-order valence-corrected chi connectivity index (χ1v) is 7.02. The van der Waals surface area contributed by atoms with Gasteiger partial charge in [0.05, 0.1) is 17.9 Å². The van der Waals surface area contributed by atoms with Crippen LogP contribution in [-0.2, 0) is 6.42 Å². The van der Waals surface area contributed by atoms with Crippen molar-refractivity contribution < 1.29 is 9.21 Å². The zero-order valence-electron chi connectivity index (χ0n) is 10.2. The zero-order chi connectivity index (χ0) is 13.2. The molecule has 1 atom stereocenters. The van der Waals surface area contributed by atoms with Gasteiger partial charge in [-0.2, -0.15) is 0 Å². The lowest BCUT2D eigenvalue weighted by atomic mass is 9.93. The van der Waals surface area contributed by atoms with E-state index < -0.39 is 0 Å². The first kappa shape index (κ1) is 12.4. The Kier molecular flexibility index (Phi) is 3.38. The number of carbonyl (C=O) groups excluding carboxylic acids is 1. The Morgan fingerprint density at radius 1 is 1.42 bits per heavy atom. The number of nitrogens with one attached hydrogen (secondary N) is 1. The van der Waals surface area contributed by atoms with Gasteiger partial charge >= 0.3 is 0 Å². The summed E-state index contributed by atoms with van der Waals surface area (Å²) in [5.41, 5.74) is 1.67. The summed E-state index contributed by atoms with van der Waals surface area (Å²) in [5.74, 6) is 0.893. The third-order valence-corrected chi connectivity index (χ3v) is 3.82. The van der Waals surface area contributed by atoms with Crippen LogP contribution in [0.1, 0.15) is 40.6 Å². The second kappa shape index (κ2) is 5.17. The molecule has 1 aliphatic rings. The Bertz CT molecular complexity index is 592. The summed E-state index contributed by atoms with van der Waals surface area (Å²) in [7, 11) is 0. The lowest BCUT2D eigenvalue weighted by molar-refractivity contribution is 0.0932. The summed E-state index contributed by atoms with van der Waals surface area (Å²) in [5, 5.41) is 3.04. The molecule has 1 N–H and O–H groups in total. The molecule has 1 unspecified atom stereocenters. The van der Waals surface area contributed by atoms with Crippen LogP contribution in [0, 0.1) is 0 Å². The molecule has 0 spiro atoms. The number of aryl methyl sites for hydroxylation is 1. The maximum atomic E-state index is 12.2. The Labute approximate surface area is 119 Å². The fourth-order valence-corrected chi connectivity index (χ4v) is 2.62. The average molecular weight is 321 g/mol. The molecule has 0 aliphatic heterocycles. The SMILES string of the molecule is O=C(NC1CCCc2occc21)c1ccc(Br)nc1. The van der Waals surface area contributed by atoms with Gasteiger partial charge in [0.15, 0.2) is 0 Å². The van der Waals surface area contributed by atoms with Crippen molar-refractivity contribution in [1.82, 2.24) is 10.3 Å². The van der Waals surface area contributed by atoms with Crippen molar-refractivity contribution in [3.8, 4) is 0 Å². The summed E-state index contributed by atoms with van der Waals surface area (Å²) in [6, 6.07) is 5.50. The number of aromatic nitrogens is 1. The normalized spacial score (nSPS) is 17.8. The van der Waals surface area contributed by atoms with Crippen LogP contribution in [0.5, 0.6) is 0 Å². The molecule has 0 saturated heterocycles. The number of hydrogen-bond acceptors (Lipinski definition) is 3. The van der Waals surface area contributed by atoms with E-state index in [9.17, 15) is 4.79 Å². The van der Waals surface area contributed by atoms with Crippen LogP contribution in [0.4, 0.5) is 0 Å². The third kappa shape index (κ3) is 2.56. The molecule has 0 radical (unpaired) electrons. The molecule has 98 valence electrons. The van der Waals surface area contributed by atoms with Gasteiger partial charge in [0.2, 0.25) is 0 Å². The number of nitrogens with zero attached hydrogens (tertiary/aromatic N) is 1. The summed E-state index contributed by atoms with van der Waals surface area (Å²) < 4.78 is 6.14. The lowest BCUT2D eigenvalue weighted by Crippen LogP contribution is -2.30. The topological polar surface area (TPSA) is 55.1 Å². The number of fused-ring (bicyclic) bond motifs is 1. The highest BCUT2D eigenvalue weighted by atomic mass is 79.9. The molecule has 0 aromatic carbocycles. The van der Waals surface area contributed by atoms with Crippen molar-refractivity contribution in [3.05, 3.63) is 52.1 Å². The number of furan rings is 1. The lowest BCUT2D eigenvalue weighted by Gasteiger charge is -2.22. The van der Waals surface area contributed by atoms with Crippen LogP contribution in [0.3, 0.4) is 0 Å². The second-order valence-electron chi connectivity index (χ2n) is 4.59. The van der Waals surface area contributed by atoms with Crippen LogP contribution in [0.25, 0.3) is 0 Å². The fourth-order valence-electron chi connectivity index (χ4n) is 2.39. The quantitative estimate of drug-likeness (QED) is 0.864. The van der Waals surface area contributed by atoms with Gasteiger partial charge in [0.25, 0.3) is 5.91 Å². The van der Waals surface area contributed by atoms with E-state index in [4.69, 9.17) is 4.42 Å². The van der Waals surface area contributed by atoms with E-state index in [-0.39, 0.29) is 11.9 Å². The molecule has 1 aliphatic carbocycles. The molecule has 5 heteroatoms. The maximum Gasteiger partial charge on any atom is 0.253 e. The van der Waals surface area contributed by atoms with Gasteiger partial charge in [-0.1, -0.05) is 0 Å². The minimum absolute atomic E-state index is 0.0404. The van der Waals surface area contributed by atoms with Crippen molar-refractivity contribution in [1.29, 1.82) is 0 Å². The summed E-state index contributed by atoms with van der Waals surface area (Å²) >= 11 is 3.25. The Hall–Kier alpha value is -1.62. The van der Waals surface area contributed by atoms with Crippen molar-refractivity contribution in [2.24, 2.45) is 0 Å². The molecule has 0 saturated carbocycles. The average Bonchev–Trinajstić information content (AvgIpc) is 2.89. The minimum atomic E-state index is -0.0981. The van der Waals surface area contributed by atoms with Crippen LogP contribution >= 0.6 is 15.9 Å². The molecule has 4 nitrogen and oxygen atoms in total. The molecular weight excluding hydrogens is 308 g/mol. The first-order chi connectivity index (χ1) is 9.24.